The quantitative estimate of drug-likeness (QED) is 0.820. The first-order chi connectivity index (χ1) is 10.0. The second-order valence-corrected chi connectivity index (χ2v) is 4.47. The summed E-state index contributed by atoms with van der Waals surface area (Å²) in [4.78, 5) is 22.6. The predicted molar refractivity (Wildman–Crippen MR) is 75.5 cm³/mol. The van der Waals surface area contributed by atoms with E-state index in [9.17, 15) is 9.59 Å². The number of hydrogen-bond donors (Lipinski definition) is 2. The van der Waals surface area contributed by atoms with Gasteiger partial charge in [-0.2, -0.15) is 0 Å². The van der Waals surface area contributed by atoms with Gasteiger partial charge >= 0.3 is 5.97 Å². The standard InChI is InChI=1S/C15H14N2O4/c1-10-6-11(2-3-14(18)19)8-12(7-10)15(20)16-9-13-4-5-17-21-13/h2-8H,9H2,1H3,(H,16,20)(H,18,19)/b3-2+. The Bertz CT molecular complexity index is 675. The minimum atomic E-state index is -1.03. The molecule has 0 aliphatic carbocycles. The van der Waals surface area contributed by atoms with Crippen LogP contribution in [0.4, 0.5) is 0 Å². The molecule has 0 bridgehead atoms. The fourth-order valence-electron chi connectivity index (χ4n) is 1.81. The monoisotopic (exact) mass is 286 g/mol. The molecule has 108 valence electrons. The van der Waals surface area contributed by atoms with E-state index in [2.05, 4.69) is 10.5 Å². The summed E-state index contributed by atoms with van der Waals surface area (Å²) in [6.07, 6.45) is 3.98. The van der Waals surface area contributed by atoms with E-state index in [-0.39, 0.29) is 12.5 Å². The number of aliphatic carboxylic acids is 1. The Hall–Kier alpha value is -2.89. The molecule has 6 nitrogen and oxygen atoms in total. The summed E-state index contributed by atoms with van der Waals surface area (Å²) in [5.41, 5.74) is 1.98. The van der Waals surface area contributed by atoms with Crippen molar-refractivity contribution in [2.75, 3.05) is 0 Å². The summed E-state index contributed by atoms with van der Waals surface area (Å²) >= 11 is 0. The van der Waals surface area contributed by atoms with Gasteiger partial charge in [-0.05, 0) is 36.3 Å². The number of hydrogen-bond acceptors (Lipinski definition) is 4. The maximum absolute atomic E-state index is 12.1. The van der Waals surface area contributed by atoms with Gasteiger partial charge in [0.25, 0.3) is 5.91 Å². The van der Waals surface area contributed by atoms with Crippen LogP contribution in [-0.4, -0.2) is 22.1 Å². The number of carboxylic acids is 1. The summed E-state index contributed by atoms with van der Waals surface area (Å²) in [7, 11) is 0. The van der Waals surface area contributed by atoms with Crippen molar-refractivity contribution in [1.29, 1.82) is 0 Å². The van der Waals surface area contributed by atoms with Crippen LogP contribution < -0.4 is 5.32 Å². The molecule has 1 amide bonds. The first-order valence-corrected chi connectivity index (χ1v) is 6.25. The molecule has 2 rings (SSSR count). The van der Waals surface area contributed by atoms with E-state index >= 15 is 0 Å². The van der Waals surface area contributed by atoms with Gasteiger partial charge in [0.05, 0.1) is 12.7 Å². The fourth-order valence-corrected chi connectivity index (χ4v) is 1.81. The van der Waals surface area contributed by atoms with Crippen LogP contribution in [0.2, 0.25) is 0 Å². The predicted octanol–water partition coefficient (Wildman–Crippen LogP) is 2.01. The largest absolute Gasteiger partial charge is 0.478 e. The number of aryl methyl sites for hydroxylation is 1. The molecule has 6 heteroatoms. The second-order valence-electron chi connectivity index (χ2n) is 4.47. The lowest BCUT2D eigenvalue weighted by Crippen LogP contribution is -2.22. The van der Waals surface area contributed by atoms with Crippen molar-refractivity contribution < 1.29 is 19.2 Å². The van der Waals surface area contributed by atoms with Crippen LogP contribution in [0.3, 0.4) is 0 Å². The Morgan fingerprint density at radius 3 is 2.86 bits per heavy atom. The average molecular weight is 286 g/mol. The first kappa shape index (κ1) is 14.5. The molecule has 0 saturated heterocycles. The van der Waals surface area contributed by atoms with Gasteiger partial charge in [-0.25, -0.2) is 4.79 Å². The van der Waals surface area contributed by atoms with Crippen LogP contribution in [-0.2, 0) is 11.3 Å². The average Bonchev–Trinajstić information content (AvgIpc) is 2.95. The number of carboxylic acid groups (broad SMARTS) is 1. The highest BCUT2D eigenvalue weighted by Gasteiger charge is 2.08. The van der Waals surface area contributed by atoms with Crippen LogP contribution in [0, 0.1) is 6.92 Å². The molecule has 0 fully saturated rings. The van der Waals surface area contributed by atoms with Gasteiger partial charge in [0, 0.05) is 17.7 Å². The Labute approximate surface area is 121 Å². The number of aromatic nitrogens is 1. The number of nitrogens with zero attached hydrogens (tertiary/aromatic N) is 1. The number of benzene rings is 1. The van der Waals surface area contributed by atoms with Crippen molar-refractivity contribution in [1.82, 2.24) is 10.5 Å². The summed E-state index contributed by atoms with van der Waals surface area (Å²) in [6.45, 7) is 2.08. The Morgan fingerprint density at radius 1 is 1.38 bits per heavy atom. The minimum absolute atomic E-state index is 0.243. The SMILES string of the molecule is Cc1cc(/C=C/C(=O)O)cc(C(=O)NCc2ccno2)c1. The van der Waals surface area contributed by atoms with E-state index in [1.807, 2.05) is 6.92 Å². The fraction of sp³-hybridized carbons (Fsp3) is 0.133. The molecular weight excluding hydrogens is 272 g/mol. The number of amides is 1. The van der Waals surface area contributed by atoms with Crippen LogP contribution in [0.25, 0.3) is 6.08 Å². The maximum atomic E-state index is 12.1. The summed E-state index contributed by atoms with van der Waals surface area (Å²) in [5.74, 6) is -0.741. The molecule has 1 heterocycles. The van der Waals surface area contributed by atoms with E-state index in [0.29, 0.717) is 16.9 Å². The van der Waals surface area contributed by atoms with Gasteiger partial charge in [0.1, 0.15) is 0 Å². The van der Waals surface area contributed by atoms with Crippen molar-refractivity contribution in [2.24, 2.45) is 0 Å². The number of carbonyl (C=O) groups is 2. The van der Waals surface area contributed by atoms with E-state index in [1.54, 1.807) is 24.3 Å². The molecule has 0 aliphatic rings. The zero-order valence-electron chi connectivity index (χ0n) is 11.4. The number of carbonyl (C=O) groups excluding carboxylic acids is 1. The van der Waals surface area contributed by atoms with E-state index in [4.69, 9.17) is 9.63 Å². The van der Waals surface area contributed by atoms with Crippen LogP contribution in [0.15, 0.2) is 41.1 Å². The topological polar surface area (TPSA) is 92.4 Å². The van der Waals surface area contributed by atoms with Gasteiger partial charge in [0.15, 0.2) is 5.76 Å². The number of rotatable bonds is 5. The lowest BCUT2D eigenvalue weighted by molar-refractivity contribution is -0.131. The third kappa shape index (κ3) is 4.31. The molecular formula is C15H14N2O4. The molecule has 21 heavy (non-hydrogen) atoms. The molecule has 0 unspecified atom stereocenters. The molecule has 0 atom stereocenters. The van der Waals surface area contributed by atoms with Crippen molar-refractivity contribution in [3.8, 4) is 0 Å². The van der Waals surface area contributed by atoms with Crippen LogP contribution in [0.1, 0.15) is 27.2 Å². The van der Waals surface area contributed by atoms with Crippen molar-refractivity contribution >= 4 is 18.0 Å². The maximum Gasteiger partial charge on any atom is 0.328 e. The Kier molecular flexibility index (Phi) is 4.50. The third-order valence-corrected chi connectivity index (χ3v) is 2.69. The Morgan fingerprint density at radius 2 is 2.19 bits per heavy atom. The van der Waals surface area contributed by atoms with E-state index < -0.39 is 5.97 Å². The van der Waals surface area contributed by atoms with E-state index in [0.717, 1.165) is 11.6 Å². The second kappa shape index (κ2) is 6.51. The lowest BCUT2D eigenvalue weighted by atomic mass is 10.1. The smallest absolute Gasteiger partial charge is 0.328 e. The van der Waals surface area contributed by atoms with Crippen LogP contribution in [0.5, 0.6) is 0 Å². The zero-order valence-corrected chi connectivity index (χ0v) is 11.4. The molecule has 0 saturated carbocycles. The highest BCUT2D eigenvalue weighted by Crippen LogP contribution is 2.12. The molecule has 0 radical (unpaired) electrons. The minimum Gasteiger partial charge on any atom is -0.478 e. The van der Waals surface area contributed by atoms with Gasteiger partial charge < -0.3 is 14.9 Å². The molecule has 0 aliphatic heterocycles. The molecule has 2 aromatic rings. The summed E-state index contributed by atoms with van der Waals surface area (Å²) < 4.78 is 4.89. The molecule has 1 aromatic carbocycles. The van der Waals surface area contributed by atoms with Crippen molar-refractivity contribution in [2.45, 2.75) is 13.5 Å². The van der Waals surface area contributed by atoms with Crippen LogP contribution >= 0.6 is 0 Å². The zero-order chi connectivity index (χ0) is 15.2. The first-order valence-electron chi connectivity index (χ1n) is 6.25. The lowest BCUT2D eigenvalue weighted by Gasteiger charge is -2.06. The van der Waals surface area contributed by atoms with Gasteiger partial charge in [0.2, 0.25) is 0 Å². The Balaban J connectivity index is 2.11. The van der Waals surface area contributed by atoms with Gasteiger partial charge in [-0.1, -0.05) is 11.2 Å². The van der Waals surface area contributed by atoms with E-state index in [1.165, 1.54) is 12.3 Å². The van der Waals surface area contributed by atoms with Crippen molar-refractivity contribution in [3.63, 3.8) is 0 Å². The highest BCUT2D eigenvalue weighted by atomic mass is 16.5. The molecule has 2 N–H and O–H groups in total. The van der Waals surface area contributed by atoms with Gasteiger partial charge in [-0.3, -0.25) is 4.79 Å². The third-order valence-electron chi connectivity index (χ3n) is 2.69. The van der Waals surface area contributed by atoms with Crippen molar-refractivity contribution in [3.05, 3.63) is 59.0 Å². The highest BCUT2D eigenvalue weighted by molar-refractivity contribution is 5.95. The molecule has 0 spiro atoms. The number of nitrogens with one attached hydrogen (secondary N) is 1. The molecule has 1 aromatic heterocycles. The summed E-state index contributed by atoms with van der Waals surface area (Å²) in [6, 6.07) is 6.82. The summed E-state index contributed by atoms with van der Waals surface area (Å²) in [5, 5.41) is 14.9. The normalized spacial score (nSPS) is 10.7. The van der Waals surface area contributed by atoms with Gasteiger partial charge in [-0.15, -0.1) is 0 Å².